The smallest absolute Gasteiger partial charge is 0.388 e. The number of pyridine rings is 1. The Kier molecular flexibility index (Phi) is 2.15. The lowest BCUT2D eigenvalue weighted by Crippen LogP contribution is -2.02. The number of ether oxygens (including phenoxy) is 1. The van der Waals surface area contributed by atoms with Gasteiger partial charge < -0.3 is 4.74 Å². The highest BCUT2D eigenvalue weighted by molar-refractivity contribution is 5.08. The molecule has 4 heteroatoms. The minimum atomic E-state index is -2.80. The standard InChI is InChI=1S/C6H5F2NO/c7-6(8)10-5-3-1-2-4-9-5/h1-4,6H. The molecular formula is C6H5F2NO. The van der Waals surface area contributed by atoms with Crippen molar-refractivity contribution in [2.45, 2.75) is 6.61 Å². The maximum Gasteiger partial charge on any atom is 0.388 e. The van der Waals surface area contributed by atoms with E-state index in [1.165, 1.54) is 12.3 Å². The quantitative estimate of drug-likeness (QED) is 0.631. The van der Waals surface area contributed by atoms with Crippen LogP contribution in [0.2, 0.25) is 0 Å². The van der Waals surface area contributed by atoms with Crippen molar-refractivity contribution in [1.82, 2.24) is 4.98 Å². The molecule has 10 heavy (non-hydrogen) atoms. The van der Waals surface area contributed by atoms with E-state index in [2.05, 4.69) is 9.72 Å². The number of halogens is 2. The lowest BCUT2D eigenvalue weighted by atomic mass is 10.5. The summed E-state index contributed by atoms with van der Waals surface area (Å²) in [6, 6.07) is 4.56. The van der Waals surface area contributed by atoms with Gasteiger partial charge in [0.2, 0.25) is 5.88 Å². The van der Waals surface area contributed by atoms with Crippen LogP contribution in [0, 0.1) is 0 Å². The molecule has 0 amide bonds. The van der Waals surface area contributed by atoms with E-state index in [9.17, 15) is 8.78 Å². The largest absolute Gasteiger partial charge is 0.417 e. The Labute approximate surface area is 56.5 Å². The number of rotatable bonds is 2. The summed E-state index contributed by atoms with van der Waals surface area (Å²) in [6.07, 6.45) is 1.39. The fourth-order valence-electron chi connectivity index (χ4n) is 0.508. The lowest BCUT2D eigenvalue weighted by molar-refractivity contribution is -0.0528. The maximum absolute atomic E-state index is 11.5. The van der Waals surface area contributed by atoms with Gasteiger partial charge in [-0.1, -0.05) is 6.07 Å². The molecule has 0 spiro atoms. The van der Waals surface area contributed by atoms with Crippen molar-refractivity contribution >= 4 is 0 Å². The second-order valence-electron chi connectivity index (χ2n) is 1.55. The first-order chi connectivity index (χ1) is 4.79. The summed E-state index contributed by atoms with van der Waals surface area (Å²) in [5, 5.41) is 0. The van der Waals surface area contributed by atoms with Gasteiger partial charge in [-0.25, -0.2) is 4.98 Å². The van der Waals surface area contributed by atoms with Gasteiger partial charge in [0.15, 0.2) is 0 Å². The molecule has 1 rings (SSSR count). The third-order valence-corrected chi connectivity index (χ3v) is 0.848. The van der Waals surface area contributed by atoms with Gasteiger partial charge in [0.25, 0.3) is 0 Å². The molecule has 0 fully saturated rings. The SMILES string of the molecule is FC(F)Oc1ccccn1. The zero-order valence-corrected chi connectivity index (χ0v) is 5.00. The monoisotopic (exact) mass is 145 g/mol. The molecule has 0 aliphatic rings. The van der Waals surface area contributed by atoms with E-state index in [0.29, 0.717) is 0 Å². The zero-order valence-electron chi connectivity index (χ0n) is 5.00. The normalized spacial score (nSPS) is 9.90. The molecule has 0 saturated heterocycles. The first-order valence-corrected chi connectivity index (χ1v) is 2.65. The minimum Gasteiger partial charge on any atom is -0.417 e. The summed E-state index contributed by atoms with van der Waals surface area (Å²) < 4.78 is 26.9. The van der Waals surface area contributed by atoms with E-state index in [-0.39, 0.29) is 5.88 Å². The molecule has 0 N–H and O–H groups in total. The fourth-order valence-corrected chi connectivity index (χ4v) is 0.508. The van der Waals surface area contributed by atoms with Crippen LogP contribution >= 0.6 is 0 Å². The van der Waals surface area contributed by atoms with E-state index in [1.807, 2.05) is 0 Å². The number of hydrogen-bond donors (Lipinski definition) is 0. The second-order valence-corrected chi connectivity index (χ2v) is 1.55. The van der Waals surface area contributed by atoms with Crippen molar-refractivity contribution < 1.29 is 13.5 Å². The Bertz CT molecular complexity index is 190. The molecule has 54 valence electrons. The van der Waals surface area contributed by atoms with Gasteiger partial charge in [0.1, 0.15) is 0 Å². The van der Waals surface area contributed by atoms with Crippen LogP contribution in [0.3, 0.4) is 0 Å². The van der Waals surface area contributed by atoms with Gasteiger partial charge in [0.05, 0.1) is 0 Å². The highest BCUT2D eigenvalue weighted by atomic mass is 19.3. The Morgan fingerprint density at radius 1 is 1.40 bits per heavy atom. The molecule has 0 aromatic carbocycles. The lowest BCUT2D eigenvalue weighted by Gasteiger charge is -2.00. The van der Waals surface area contributed by atoms with Crippen LogP contribution in [0.1, 0.15) is 0 Å². The first kappa shape index (κ1) is 6.92. The van der Waals surface area contributed by atoms with Crippen LogP contribution < -0.4 is 4.74 Å². The Morgan fingerprint density at radius 2 is 2.20 bits per heavy atom. The van der Waals surface area contributed by atoms with Crippen molar-refractivity contribution in [3.8, 4) is 5.88 Å². The second kappa shape index (κ2) is 3.10. The average Bonchev–Trinajstić information content (AvgIpc) is 1.88. The molecule has 0 aliphatic heterocycles. The summed E-state index contributed by atoms with van der Waals surface area (Å²) in [7, 11) is 0. The van der Waals surface area contributed by atoms with E-state index in [1.54, 1.807) is 12.1 Å². The van der Waals surface area contributed by atoms with Crippen LogP contribution in [0.5, 0.6) is 5.88 Å². The zero-order chi connectivity index (χ0) is 7.40. The molecule has 0 atom stereocenters. The van der Waals surface area contributed by atoms with Crippen molar-refractivity contribution in [1.29, 1.82) is 0 Å². The number of alkyl halides is 2. The van der Waals surface area contributed by atoms with E-state index in [0.717, 1.165) is 0 Å². The minimum absolute atomic E-state index is 0.0579. The van der Waals surface area contributed by atoms with E-state index >= 15 is 0 Å². The van der Waals surface area contributed by atoms with Crippen LogP contribution in [0.4, 0.5) is 8.78 Å². The molecule has 2 nitrogen and oxygen atoms in total. The van der Waals surface area contributed by atoms with Crippen molar-refractivity contribution in [3.05, 3.63) is 24.4 Å². The molecule has 1 aromatic heterocycles. The highest BCUT2D eigenvalue weighted by Gasteiger charge is 2.02. The van der Waals surface area contributed by atoms with Crippen molar-refractivity contribution in [3.63, 3.8) is 0 Å². The van der Waals surface area contributed by atoms with Crippen LogP contribution in [-0.4, -0.2) is 11.6 Å². The summed E-state index contributed by atoms with van der Waals surface area (Å²) in [6.45, 7) is -2.80. The highest BCUT2D eigenvalue weighted by Crippen LogP contribution is 2.06. The van der Waals surface area contributed by atoms with Gasteiger partial charge in [0, 0.05) is 12.3 Å². The first-order valence-electron chi connectivity index (χ1n) is 2.65. The fraction of sp³-hybridized carbons (Fsp3) is 0.167. The molecule has 1 heterocycles. The number of hydrogen-bond acceptors (Lipinski definition) is 2. The van der Waals surface area contributed by atoms with Crippen LogP contribution in [0.25, 0.3) is 0 Å². The predicted molar refractivity (Wildman–Crippen MR) is 30.9 cm³/mol. The maximum atomic E-state index is 11.5. The summed E-state index contributed by atoms with van der Waals surface area (Å²) in [5.41, 5.74) is 0. The van der Waals surface area contributed by atoms with Gasteiger partial charge in [-0.05, 0) is 6.07 Å². The van der Waals surface area contributed by atoms with E-state index < -0.39 is 6.61 Å². The van der Waals surface area contributed by atoms with Crippen LogP contribution in [-0.2, 0) is 0 Å². The van der Waals surface area contributed by atoms with Gasteiger partial charge in [-0.3, -0.25) is 0 Å². The van der Waals surface area contributed by atoms with Gasteiger partial charge in [-0.2, -0.15) is 8.78 Å². The topological polar surface area (TPSA) is 22.1 Å². The Morgan fingerprint density at radius 3 is 2.70 bits per heavy atom. The summed E-state index contributed by atoms with van der Waals surface area (Å²) in [5.74, 6) is -0.0579. The predicted octanol–water partition coefficient (Wildman–Crippen LogP) is 1.68. The number of nitrogens with zero attached hydrogens (tertiary/aromatic N) is 1. The van der Waals surface area contributed by atoms with Crippen molar-refractivity contribution in [2.75, 3.05) is 0 Å². The molecule has 0 radical (unpaired) electrons. The van der Waals surface area contributed by atoms with Gasteiger partial charge in [-0.15, -0.1) is 0 Å². The average molecular weight is 145 g/mol. The number of aromatic nitrogens is 1. The third-order valence-electron chi connectivity index (χ3n) is 0.848. The Balaban J connectivity index is 2.59. The molecule has 0 bridgehead atoms. The Hall–Kier alpha value is -1.19. The summed E-state index contributed by atoms with van der Waals surface area (Å²) >= 11 is 0. The van der Waals surface area contributed by atoms with Crippen LogP contribution in [0.15, 0.2) is 24.4 Å². The van der Waals surface area contributed by atoms with Gasteiger partial charge >= 0.3 is 6.61 Å². The van der Waals surface area contributed by atoms with E-state index in [4.69, 9.17) is 0 Å². The molecule has 0 saturated carbocycles. The third kappa shape index (κ3) is 1.97. The molecule has 1 aromatic rings. The molecule has 0 aliphatic carbocycles. The molecular weight excluding hydrogens is 140 g/mol. The molecule has 0 unspecified atom stereocenters. The summed E-state index contributed by atoms with van der Waals surface area (Å²) in [4.78, 5) is 3.52. The van der Waals surface area contributed by atoms with Crippen molar-refractivity contribution in [2.24, 2.45) is 0 Å².